The van der Waals surface area contributed by atoms with Gasteiger partial charge >= 0.3 is 0 Å². The Morgan fingerprint density at radius 2 is 1.68 bits per heavy atom. The van der Waals surface area contributed by atoms with Crippen molar-refractivity contribution in [1.29, 1.82) is 0 Å². The lowest BCUT2D eigenvalue weighted by Crippen LogP contribution is -2.24. The molecule has 0 heterocycles. The van der Waals surface area contributed by atoms with Crippen LogP contribution in [0.3, 0.4) is 0 Å². The van der Waals surface area contributed by atoms with Crippen LogP contribution < -0.4 is 10.0 Å². The lowest BCUT2D eigenvalue weighted by molar-refractivity contribution is 0.102. The van der Waals surface area contributed by atoms with Crippen LogP contribution in [0.4, 0.5) is 14.5 Å². The molecule has 0 aromatic heterocycles. The number of benzene rings is 3. The summed E-state index contributed by atoms with van der Waals surface area (Å²) in [5, 5.41) is 2.60. The zero-order chi connectivity index (χ0) is 22.4. The fraction of sp³-hybridized carbons (Fsp3) is 0.136. The van der Waals surface area contributed by atoms with Gasteiger partial charge in [-0.3, -0.25) is 4.79 Å². The monoisotopic (exact) mass is 462 g/mol. The average molecular weight is 463 g/mol. The maximum absolute atomic E-state index is 12.8. The zero-order valence-electron chi connectivity index (χ0n) is 16.5. The largest absolute Gasteiger partial charge is 0.321 e. The third-order valence-electron chi connectivity index (χ3n) is 4.42. The van der Waals surface area contributed by atoms with Crippen LogP contribution in [0.5, 0.6) is 0 Å². The molecule has 0 spiro atoms. The molecule has 0 fully saturated rings. The summed E-state index contributed by atoms with van der Waals surface area (Å²) in [5.41, 5.74) is 1.72. The molecule has 3 rings (SSSR count). The second-order valence-corrected chi connectivity index (χ2v) is 9.41. The van der Waals surface area contributed by atoms with Crippen molar-refractivity contribution in [3.63, 3.8) is 0 Å². The molecule has 162 valence electrons. The van der Waals surface area contributed by atoms with Gasteiger partial charge in [0.05, 0.1) is 10.6 Å². The summed E-state index contributed by atoms with van der Waals surface area (Å²) >= 11 is 0.324. The van der Waals surface area contributed by atoms with Gasteiger partial charge in [0, 0.05) is 17.0 Å². The number of carbonyl (C=O) groups is 1. The van der Waals surface area contributed by atoms with Gasteiger partial charge in [-0.1, -0.05) is 60.3 Å². The number of aryl methyl sites for hydroxylation is 1. The molecule has 0 unspecified atom stereocenters. The summed E-state index contributed by atoms with van der Waals surface area (Å²) < 4.78 is 53.5. The summed E-state index contributed by atoms with van der Waals surface area (Å²) in [6.07, 6.45) is 0. The van der Waals surface area contributed by atoms with E-state index in [1.54, 1.807) is 31.2 Å². The first kappa shape index (κ1) is 22.9. The molecule has 0 radical (unpaired) electrons. The molecule has 3 aromatic rings. The first-order valence-electron chi connectivity index (χ1n) is 9.26. The summed E-state index contributed by atoms with van der Waals surface area (Å²) in [6.45, 7) is 1.78. The van der Waals surface area contributed by atoms with Crippen LogP contribution in [0.2, 0.25) is 0 Å². The summed E-state index contributed by atoms with van der Waals surface area (Å²) in [7, 11) is -3.86. The fourth-order valence-electron chi connectivity index (χ4n) is 2.83. The van der Waals surface area contributed by atoms with Crippen LogP contribution in [-0.2, 0) is 16.6 Å². The highest BCUT2D eigenvalue weighted by Crippen LogP contribution is 2.32. The molecule has 9 heteroatoms. The van der Waals surface area contributed by atoms with Crippen LogP contribution in [0, 0.1) is 6.92 Å². The van der Waals surface area contributed by atoms with Crippen LogP contribution in [0.15, 0.2) is 82.6 Å². The lowest BCUT2D eigenvalue weighted by atomic mass is 10.1. The van der Waals surface area contributed by atoms with Crippen molar-refractivity contribution in [2.45, 2.75) is 29.0 Å². The van der Waals surface area contributed by atoms with Crippen molar-refractivity contribution in [3.05, 3.63) is 89.5 Å². The Balaban J connectivity index is 1.81. The normalized spacial score (nSPS) is 11.5. The van der Waals surface area contributed by atoms with Crippen molar-refractivity contribution in [3.8, 4) is 0 Å². The number of nitrogens with one attached hydrogen (secondary N) is 2. The van der Waals surface area contributed by atoms with Crippen molar-refractivity contribution in [1.82, 2.24) is 4.72 Å². The van der Waals surface area contributed by atoms with Crippen LogP contribution >= 0.6 is 11.8 Å². The molecule has 1 amide bonds. The molecule has 0 bridgehead atoms. The standard InChI is InChI=1S/C22H20F2N2O3S2/c1-15-11-12-17(31(28,29)25-14-16-7-3-2-4-8-16)13-18(15)21(27)26-19-9-5-6-10-20(19)30-22(23)24/h2-13,22,25H,14H2,1H3,(H,26,27). The highest BCUT2D eigenvalue weighted by molar-refractivity contribution is 7.99. The van der Waals surface area contributed by atoms with E-state index in [1.807, 2.05) is 18.2 Å². The molecule has 31 heavy (non-hydrogen) atoms. The van der Waals surface area contributed by atoms with E-state index in [4.69, 9.17) is 0 Å². The van der Waals surface area contributed by atoms with Crippen molar-refractivity contribution in [2.75, 3.05) is 5.32 Å². The predicted octanol–water partition coefficient (Wildman–Crippen LogP) is 5.04. The van der Waals surface area contributed by atoms with Crippen molar-refractivity contribution >= 4 is 33.4 Å². The van der Waals surface area contributed by atoms with E-state index in [1.165, 1.54) is 30.3 Å². The van der Waals surface area contributed by atoms with Crippen LogP contribution in [0.25, 0.3) is 0 Å². The lowest BCUT2D eigenvalue weighted by Gasteiger charge is -2.13. The number of hydrogen-bond donors (Lipinski definition) is 2. The highest BCUT2D eigenvalue weighted by Gasteiger charge is 2.19. The van der Waals surface area contributed by atoms with Crippen LogP contribution in [-0.4, -0.2) is 20.1 Å². The molecular formula is C22H20F2N2O3S2. The van der Waals surface area contributed by atoms with Gasteiger partial charge in [-0.15, -0.1) is 0 Å². The van der Waals surface area contributed by atoms with Crippen molar-refractivity contribution in [2.24, 2.45) is 0 Å². The molecule has 2 N–H and O–H groups in total. The van der Waals surface area contributed by atoms with E-state index in [0.29, 0.717) is 17.3 Å². The first-order valence-corrected chi connectivity index (χ1v) is 11.6. The summed E-state index contributed by atoms with van der Waals surface area (Å²) in [5.74, 6) is -3.22. The number of halogens is 2. The second-order valence-electron chi connectivity index (χ2n) is 6.62. The molecule has 0 saturated heterocycles. The number of para-hydroxylation sites is 1. The second kappa shape index (κ2) is 10.0. The number of alkyl halides is 2. The van der Waals surface area contributed by atoms with Gasteiger partial charge in [0.1, 0.15) is 0 Å². The molecule has 0 atom stereocenters. The Morgan fingerprint density at radius 3 is 2.39 bits per heavy atom. The minimum Gasteiger partial charge on any atom is -0.321 e. The Labute approximate surface area is 183 Å². The first-order chi connectivity index (χ1) is 14.8. The highest BCUT2D eigenvalue weighted by atomic mass is 32.2. The molecule has 0 aliphatic heterocycles. The van der Waals surface area contributed by atoms with E-state index < -0.39 is 21.7 Å². The number of sulfonamides is 1. The van der Waals surface area contributed by atoms with Gasteiger partial charge in [-0.05, 0) is 42.3 Å². The van der Waals surface area contributed by atoms with Gasteiger partial charge in [0.15, 0.2) is 0 Å². The van der Waals surface area contributed by atoms with Gasteiger partial charge < -0.3 is 5.32 Å². The minimum atomic E-state index is -3.86. The maximum atomic E-state index is 12.8. The molecule has 0 aliphatic carbocycles. The van der Waals surface area contributed by atoms with Gasteiger partial charge in [-0.2, -0.15) is 8.78 Å². The van der Waals surface area contributed by atoms with Crippen molar-refractivity contribution < 1.29 is 22.0 Å². The number of hydrogen-bond acceptors (Lipinski definition) is 4. The summed E-state index contributed by atoms with van der Waals surface area (Å²) in [6, 6.07) is 19.5. The number of thioether (sulfide) groups is 1. The number of amides is 1. The van der Waals surface area contributed by atoms with E-state index in [2.05, 4.69) is 10.0 Å². The van der Waals surface area contributed by atoms with Crippen LogP contribution in [0.1, 0.15) is 21.5 Å². The Bertz CT molecular complexity index is 1170. The Morgan fingerprint density at radius 1 is 1.00 bits per heavy atom. The fourth-order valence-corrected chi connectivity index (χ4v) is 4.47. The van der Waals surface area contributed by atoms with Gasteiger partial charge in [-0.25, -0.2) is 13.1 Å². The maximum Gasteiger partial charge on any atom is 0.288 e. The molecule has 0 aliphatic rings. The molecule has 0 saturated carbocycles. The molecule has 3 aromatic carbocycles. The third-order valence-corrected chi connectivity index (χ3v) is 6.61. The molecular weight excluding hydrogens is 442 g/mol. The summed E-state index contributed by atoms with van der Waals surface area (Å²) in [4.78, 5) is 13.0. The Hall–Kier alpha value is -2.75. The quantitative estimate of drug-likeness (QED) is 0.460. The van der Waals surface area contributed by atoms with E-state index in [9.17, 15) is 22.0 Å². The van der Waals surface area contributed by atoms with E-state index >= 15 is 0 Å². The number of carbonyl (C=O) groups excluding carboxylic acids is 1. The number of anilines is 1. The minimum absolute atomic E-state index is 0.0607. The Kier molecular flexibility index (Phi) is 7.42. The smallest absolute Gasteiger partial charge is 0.288 e. The molecule has 5 nitrogen and oxygen atoms in total. The topological polar surface area (TPSA) is 75.3 Å². The SMILES string of the molecule is Cc1ccc(S(=O)(=O)NCc2ccccc2)cc1C(=O)Nc1ccccc1SC(F)F. The average Bonchev–Trinajstić information content (AvgIpc) is 2.74. The third kappa shape index (κ3) is 6.13. The van der Waals surface area contributed by atoms with Gasteiger partial charge in [0.25, 0.3) is 11.7 Å². The van der Waals surface area contributed by atoms with E-state index in [-0.39, 0.29) is 27.6 Å². The number of rotatable bonds is 8. The predicted molar refractivity (Wildman–Crippen MR) is 118 cm³/mol. The zero-order valence-corrected chi connectivity index (χ0v) is 18.1. The van der Waals surface area contributed by atoms with E-state index in [0.717, 1.165) is 5.56 Å². The van der Waals surface area contributed by atoms with Gasteiger partial charge in [0.2, 0.25) is 10.0 Å².